The maximum Gasteiger partial charge on any atom is 0.243 e. The van der Waals surface area contributed by atoms with Crippen molar-refractivity contribution in [2.45, 2.75) is 38.6 Å². The molecule has 0 heterocycles. The van der Waals surface area contributed by atoms with Crippen LogP contribution in [0.3, 0.4) is 0 Å². The summed E-state index contributed by atoms with van der Waals surface area (Å²) >= 11 is 0. The third-order valence-electron chi connectivity index (χ3n) is 3.37. The zero-order chi connectivity index (χ0) is 15.0. The topological polar surface area (TPSA) is 37.4 Å². The van der Waals surface area contributed by atoms with Gasteiger partial charge in [0.15, 0.2) is 11.6 Å². The first-order chi connectivity index (χ1) is 8.48. The fourth-order valence-corrected chi connectivity index (χ4v) is 3.11. The molecule has 0 aliphatic rings. The molecule has 1 aromatic rings. The third kappa shape index (κ3) is 3.30. The van der Waals surface area contributed by atoms with Gasteiger partial charge < -0.3 is 0 Å². The molecule has 19 heavy (non-hydrogen) atoms. The highest BCUT2D eigenvalue weighted by Crippen LogP contribution is 2.28. The first kappa shape index (κ1) is 16.0. The molecule has 0 saturated carbocycles. The van der Waals surface area contributed by atoms with Gasteiger partial charge in [-0.1, -0.05) is 20.8 Å². The van der Waals surface area contributed by atoms with E-state index in [4.69, 9.17) is 0 Å². The molecular formula is C13H19F2NO2S. The minimum atomic E-state index is -3.83. The van der Waals surface area contributed by atoms with E-state index in [1.54, 1.807) is 6.92 Å². The highest BCUT2D eigenvalue weighted by molar-refractivity contribution is 7.89. The highest BCUT2D eigenvalue weighted by Gasteiger charge is 2.32. The van der Waals surface area contributed by atoms with Crippen LogP contribution in [0, 0.1) is 17.0 Å². The lowest BCUT2D eigenvalue weighted by Crippen LogP contribution is -2.42. The van der Waals surface area contributed by atoms with Crippen LogP contribution in [0.4, 0.5) is 8.78 Å². The molecule has 0 radical (unpaired) electrons. The van der Waals surface area contributed by atoms with Crippen molar-refractivity contribution in [3.63, 3.8) is 0 Å². The normalized spacial score (nSPS) is 14.7. The molecule has 6 heteroatoms. The molecule has 0 saturated heterocycles. The van der Waals surface area contributed by atoms with Crippen LogP contribution in [-0.4, -0.2) is 25.8 Å². The van der Waals surface area contributed by atoms with Gasteiger partial charge in [0.05, 0.1) is 4.90 Å². The molecule has 0 fully saturated rings. The SMILES string of the molecule is C[C@@H](N(C)S(=O)(=O)c1ccc(F)c(F)c1)C(C)(C)C. The van der Waals surface area contributed by atoms with Gasteiger partial charge in [-0.2, -0.15) is 4.31 Å². The summed E-state index contributed by atoms with van der Waals surface area (Å²) in [6.45, 7) is 7.51. The summed E-state index contributed by atoms with van der Waals surface area (Å²) in [6, 6.07) is 2.30. The van der Waals surface area contributed by atoms with E-state index in [1.165, 1.54) is 11.4 Å². The Morgan fingerprint density at radius 1 is 1.16 bits per heavy atom. The molecule has 0 aliphatic carbocycles. The van der Waals surface area contributed by atoms with Crippen LogP contribution < -0.4 is 0 Å². The molecule has 1 aromatic carbocycles. The number of hydrogen-bond acceptors (Lipinski definition) is 2. The molecule has 0 unspecified atom stereocenters. The maximum absolute atomic E-state index is 13.2. The van der Waals surface area contributed by atoms with Gasteiger partial charge in [0, 0.05) is 13.1 Å². The van der Waals surface area contributed by atoms with E-state index in [0.717, 1.165) is 12.1 Å². The van der Waals surface area contributed by atoms with Gasteiger partial charge >= 0.3 is 0 Å². The molecule has 0 aromatic heterocycles. The van der Waals surface area contributed by atoms with Crippen LogP contribution >= 0.6 is 0 Å². The summed E-state index contributed by atoms with van der Waals surface area (Å²) in [6.07, 6.45) is 0. The van der Waals surface area contributed by atoms with Crippen molar-refractivity contribution in [3.8, 4) is 0 Å². The second-order valence-electron chi connectivity index (χ2n) is 5.64. The summed E-state index contributed by atoms with van der Waals surface area (Å²) in [5.41, 5.74) is -0.263. The Morgan fingerprint density at radius 2 is 1.68 bits per heavy atom. The summed E-state index contributed by atoms with van der Waals surface area (Å²) < 4.78 is 51.8. The van der Waals surface area contributed by atoms with Gasteiger partial charge in [-0.25, -0.2) is 17.2 Å². The first-order valence-corrected chi connectivity index (χ1v) is 7.35. The Kier molecular flexibility index (Phi) is 4.37. The van der Waals surface area contributed by atoms with Crippen molar-refractivity contribution in [3.05, 3.63) is 29.8 Å². The Morgan fingerprint density at radius 3 is 2.11 bits per heavy atom. The van der Waals surface area contributed by atoms with E-state index in [1.807, 2.05) is 20.8 Å². The molecule has 1 rings (SSSR count). The fourth-order valence-electron chi connectivity index (χ4n) is 1.56. The molecule has 0 aliphatic heterocycles. The van der Waals surface area contributed by atoms with Crippen molar-refractivity contribution in [1.82, 2.24) is 4.31 Å². The molecule has 3 nitrogen and oxygen atoms in total. The standard InChI is InChI=1S/C13H19F2NO2S/c1-9(13(2,3)4)16(5)19(17,18)10-6-7-11(14)12(15)8-10/h6-9H,1-5H3/t9-/m1/s1. The summed E-state index contributed by atoms with van der Waals surface area (Å²) in [4.78, 5) is -0.245. The van der Waals surface area contributed by atoms with Crippen molar-refractivity contribution in [2.75, 3.05) is 7.05 Å². The van der Waals surface area contributed by atoms with E-state index in [0.29, 0.717) is 6.07 Å². The van der Waals surface area contributed by atoms with Crippen LogP contribution in [0.1, 0.15) is 27.7 Å². The minimum absolute atomic E-state index is 0.245. The molecular weight excluding hydrogens is 272 g/mol. The molecule has 1 atom stereocenters. The maximum atomic E-state index is 13.2. The minimum Gasteiger partial charge on any atom is -0.207 e. The van der Waals surface area contributed by atoms with E-state index in [2.05, 4.69) is 0 Å². The Hall–Kier alpha value is -1.01. The van der Waals surface area contributed by atoms with Gasteiger partial charge in [-0.3, -0.25) is 0 Å². The van der Waals surface area contributed by atoms with Crippen LogP contribution in [0.2, 0.25) is 0 Å². The van der Waals surface area contributed by atoms with E-state index >= 15 is 0 Å². The molecule has 0 bridgehead atoms. The Bertz CT molecular complexity index is 564. The first-order valence-electron chi connectivity index (χ1n) is 5.91. The van der Waals surface area contributed by atoms with Gasteiger partial charge in [0.25, 0.3) is 0 Å². The number of rotatable bonds is 3. The average molecular weight is 291 g/mol. The number of hydrogen-bond donors (Lipinski definition) is 0. The fraction of sp³-hybridized carbons (Fsp3) is 0.538. The lowest BCUT2D eigenvalue weighted by molar-refractivity contribution is 0.216. The summed E-state index contributed by atoms with van der Waals surface area (Å²) in [5, 5.41) is 0. The lowest BCUT2D eigenvalue weighted by Gasteiger charge is -2.34. The lowest BCUT2D eigenvalue weighted by atomic mass is 9.88. The Labute approximate surface area is 113 Å². The number of nitrogens with zero attached hydrogens (tertiary/aromatic N) is 1. The smallest absolute Gasteiger partial charge is 0.207 e. The van der Waals surface area contributed by atoms with Crippen molar-refractivity contribution in [1.29, 1.82) is 0 Å². The zero-order valence-electron chi connectivity index (χ0n) is 11.7. The number of sulfonamides is 1. The number of halogens is 2. The van der Waals surface area contributed by atoms with Crippen molar-refractivity contribution >= 4 is 10.0 Å². The van der Waals surface area contributed by atoms with Gasteiger partial charge in [-0.05, 0) is 30.5 Å². The molecule has 0 spiro atoms. The van der Waals surface area contributed by atoms with Gasteiger partial charge in [-0.15, -0.1) is 0 Å². The van der Waals surface area contributed by atoms with Crippen molar-refractivity contribution < 1.29 is 17.2 Å². The zero-order valence-corrected chi connectivity index (χ0v) is 12.6. The second kappa shape index (κ2) is 5.17. The van der Waals surface area contributed by atoms with E-state index < -0.39 is 21.7 Å². The summed E-state index contributed by atoms with van der Waals surface area (Å²) in [5.74, 6) is -2.23. The largest absolute Gasteiger partial charge is 0.243 e. The van der Waals surface area contributed by atoms with Crippen molar-refractivity contribution in [2.24, 2.45) is 5.41 Å². The average Bonchev–Trinajstić information content (AvgIpc) is 2.29. The predicted octanol–water partition coefficient (Wildman–Crippen LogP) is 3.02. The Balaban J connectivity index is 3.20. The second-order valence-corrected chi connectivity index (χ2v) is 7.64. The molecule has 108 valence electrons. The van der Waals surface area contributed by atoms with Gasteiger partial charge in [0.1, 0.15) is 0 Å². The number of benzene rings is 1. The summed E-state index contributed by atoms with van der Waals surface area (Å²) in [7, 11) is -2.40. The molecule has 0 N–H and O–H groups in total. The highest BCUT2D eigenvalue weighted by atomic mass is 32.2. The van der Waals surface area contributed by atoms with Crippen LogP contribution in [-0.2, 0) is 10.0 Å². The quantitative estimate of drug-likeness (QED) is 0.858. The van der Waals surface area contributed by atoms with E-state index in [9.17, 15) is 17.2 Å². The monoisotopic (exact) mass is 291 g/mol. The van der Waals surface area contributed by atoms with Crippen LogP contribution in [0.15, 0.2) is 23.1 Å². The third-order valence-corrected chi connectivity index (χ3v) is 5.29. The van der Waals surface area contributed by atoms with Crippen LogP contribution in [0.5, 0.6) is 0 Å². The predicted molar refractivity (Wildman–Crippen MR) is 70.2 cm³/mol. The van der Waals surface area contributed by atoms with Gasteiger partial charge in [0.2, 0.25) is 10.0 Å². The molecule has 0 amide bonds. The van der Waals surface area contributed by atoms with E-state index in [-0.39, 0.29) is 16.4 Å². The van der Waals surface area contributed by atoms with Crippen LogP contribution in [0.25, 0.3) is 0 Å².